The van der Waals surface area contributed by atoms with E-state index in [1.807, 2.05) is 13.8 Å². The van der Waals surface area contributed by atoms with E-state index in [-0.39, 0.29) is 11.7 Å². The molecule has 1 aromatic heterocycles. The first-order valence-electron chi connectivity index (χ1n) is 5.87. The summed E-state index contributed by atoms with van der Waals surface area (Å²) in [6.45, 7) is 3.78. The van der Waals surface area contributed by atoms with Gasteiger partial charge in [0.25, 0.3) is 0 Å². The lowest BCUT2D eigenvalue weighted by Crippen LogP contribution is -2.06. The summed E-state index contributed by atoms with van der Waals surface area (Å²) in [5, 5.41) is 17.4. The summed E-state index contributed by atoms with van der Waals surface area (Å²) in [5.74, 6) is -0.380. The minimum absolute atomic E-state index is 0.00472. The van der Waals surface area contributed by atoms with Gasteiger partial charge in [-0.3, -0.25) is 0 Å². The molecule has 0 aliphatic heterocycles. The number of hydrogen-bond acceptors (Lipinski definition) is 4. The fourth-order valence-electron chi connectivity index (χ4n) is 1.64. The van der Waals surface area contributed by atoms with Gasteiger partial charge in [-0.05, 0) is 38.1 Å². The standard InChI is InChI=1S/C13H15N3O3/c1-8(2)16-14-11(12(15-16)13(17)18)9-4-6-10(19-3)7-5-9/h4-8H,1-3H3,(H,17,18). The molecular formula is C13H15N3O3. The molecule has 1 heterocycles. The van der Waals surface area contributed by atoms with Crippen molar-refractivity contribution >= 4 is 5.97 Å². The van der Waals surface area contributed by atoms with E-state index in [0.717, 1.165) is 0 Å². The molecule has 0 amide bonds. The molecular weight excluding hydrogens is 246 g/mol. The van der Waals surface area contributed by atoms with Crippen LogP contribution in [0.2, 0.25) is 0 Å². The number of nitrogens with zero attached hydrogens (tertiary/aromatic N) is 3. The van der Waals surface area contributed by atoms with Gasteiger partial charge in [0.05, 0.1) is 13.2 Å². The van der Waals surface area contributed by atoms with E-state index in [1.165, 1.54) is 4.80 Å². The highest BCUT2D eigenvalue weighted by Gasteiger charge is 2.20. The Kier molecular flexibility index (Phi) is 3.50. The van der Waals surface area contributed by atoms with Crippen molar-refractivity contribution in [2.24, 2.45) is 0 Å². The lowest BCUT2D eigenvalue weighted by molar-refractivity contribution is 0.0690. The van der Waals surface area contributed by atoms with Crippen LogP contribution in [0.5, 0.6) is 5.75 Å². The Labute approximate surface area is 110 Å². The molecule has 0 atom stereocenters. The molecule has 0 saturated heterocycles. The van der Waals surface area contributed by atoms with E-state index < -0.39 is 5.97 Å². The van der Waals surface area contributed by atoms with E-state index >= 15 is 0 Å². The maximum atomic E-state index is 11.2. The maximum absolute atomic E-state index is 11.2. The second kappa shape index (κ2) is 5.09. The first-order chi connectivity index (χ1) is 9.02. The zero-order chi connectivity index (χ0) is 14.0. The number of methoxy groups -OCH3 is 1. The second-order valence-corrected chi connectivity index (χ2v) is 4.34. The van der Waals surface area contributed by atoms with Gasteiger partial charge >= 0.3 is 5.97 Å². The fourth-order valence-corrected chi connectivity index (χ4v) is 1.64. The van der Waals surface area contributed by atoms with E-state index in [0.29, 0.717) is 17.0 Å². The first-order valence-corrected chi connectivity index (χ1v) is 5.87. The molecule has 0 aliphatic carbocycles. The topological polar surface area (TPSA) is 77.2 Å². The van der Waals surface area contributed by atoms with Crippen LogP contribution in [0.3, 0.4) is 0 Å². The lowest BCUT2D eigenvalue weighted by Gasteiger charge is -2.02. The van der Waals surface area contributed by atoms with Gasteiger partial charge in [0.2, 0.25) is 0 Å². The van der Waals surface area contributed by atoms with Gasteiger partial charge in [0, 0.05) is 5.56 Å². The molecule has 0 spiro atoms. The lowest BCUT2D eigenvalue weighted by atomic mass is 10.1. The smallest absolute Gasteiger partial charge is 0.358 e. The Morgan fingerprint density at radius 2 is 1.89 bits per heavy atom. The maximum Gasteiger partial charge on any atom is 0.358 e. The van der Waals surface area contributed by atoms with Crippen LogP contribution in [0, 0.1) is 0 Å². The number of carbonyl (C=O) groups is 1. The third kappa shape index (κ3) is 2.57. The number of aromatic carboxylic acids is 1. The molecule has 2 aromatic rings. The van der Waals surface area contributed by atoms with Crippen LogP contribution in [0.1, 0.15) is 30.4 Å². The van der Waals surface area contributed by atoms with Crippen molar-refractivity contribution in [3.8, 4) is 17.0 Å². The third-order valence-corrected chi connectivity index (χ3v) is 2.66. The van der Waals surface area contributed by atoms with Crippen molar-refractivity contribution in [2.75, 3.05) is 7.11 Å². The largest absolute Gasteiger partial charge is 0.497 e. The van der Waals surface area contributed by atoms with Crippen molar-refractivity contribution in [3.63, 3.8) is 0 Å². The van der Waals surface area contributed by atoms with Crippen molar-refractivity contribution < 1.29 is 14.6 Å². The highest BCUT2D eigenvalue weighted by Crippen LogP contribution is 2.23. The Morgan fingerprint density at radius 1 is 1.26 bits per heavy atom. The van der Waals surface area contributed by atoms with E-state index in [9.17, 15) is 9.90 Å². The molecule has 6 heteroatoms. The Balaban J connectivity index is 2.49. The highest BCUT2D eigenvalue weighted by atomic mass is 16.5. The van der Waals surface area contributed by atoms with Crippen LogP contribution in [-0.4, -0.2) is 33.2 Å². The molecule has 2 rings (SSSR count). The molecule has 0 radical (unpaired) electrons. The number of rotatable bonds is 4. The molecule has 6 nitrogen and oxygen atoms in total. The van der Waals surface area contributed by atoms with Crippen LogP contribution < -0.4 is 4.74 Å². The molecule has 0 saturated carbocycles. The Hall–Kier alpha value is -2.37. The Bertz CT molecular complexity index is 588. The summed E-state index contributed by atoms with van der Waals surface area (Å²) in [6.07, 6.45) is 0. The van der Waals surface area contributed by atoms with Crippen molar-refractivity contribution in [3.05, 3.63) is 30.0 Å². The van der Waals surface area contributed by atoms with Crippen molar-refractivity contribution in [2.45, 2.75) is 19.9 Å². The summed E-state index contributed by atoms with van der Waals surface area (Å²) >= 11 is 0. The van der Waals surface area contributed by atoms with E-state index in [1.54, 1.807) is 31.4 Å². The van der Waals surface area contributed by atoms with Gasteiger partial charge in [-0.1, -0.05) is 0 Å². The number of benzene rings is 1. The minimum Gasteiger partial charge on any atom is -0.497 e. The van der Waals surface area contributed by atoms with Crippen LogP contribution in [0.15, 0.2) is 24.3 Å². The predicted octanol–water partition coefficient (Wildman–Crippen LogP) is 2.23. The van der Waals surface area contributed by atoms with Crippen molar-refractivity contribution in [1.29, 1.82) is 0 Å². The second-order valence-electron chi connectivity index (χ2n) is 4.34. The molecule has 0 bridgehead atoms. The van der Waals surface area contributed by atoms with Crippen LogP contribution >= 0.6 is 0 Å². The first kappa shape index (κ1) is 13.1. The number of carboxylic acids is 1. The molecule has 1 aromatic carbocycles. The quantitative estimate of drug-likeness (QED) is 0.913. The van der Waals surface area contributed by atoms with Gasteiger partial charge in [-0.15, -0.1) is 5.10 Å². The summed E-state index contributed by atoms with van der Waals surface area (Å²) in [4.78, 5) is 12.6. The number of carboxylic acid groups (broad SMARTS) is 1. The average Bonchev–Trinajstić information content (AvgIpc) is 2.84. The molecule has 100 valence electrons. The molecule has 19 heavy (non-hydrogen) atoms. The van der Waals surface area contributed by atoms with Gasteiger partial charge in [-0.2, -0.15) is 9.90 Å². The average molecular weight is 261 g/mol. The third-order valence-electron chi connectivity index (χ3n) is 2.66. The van der Waals surface area contributed by atoms with Gasteiger partial charge in [0.1, 0.15) is 11.4 Å². The van der Waals surface area contributed by atoms with Crippen LogP contribution in [0.4, 0.5) is 0 Å². The van der Waals surface area contributed by atoms with Crippen LogP contribution in [-0.2, 0) is 0 Å². The summed E-state index contributed by atoms with van der Waals surface area (Å²) in [7, 11) is 1.58. The monoisotopic (exact) mass is 261 g/mol. The summed E-state index contributed by atoms with van der Waals surface area (Å²) < 4.78 is 5.07. The Morgan fingerprint density at radius 3 is 2.37 bits per heavy atom. The van der Waals surface area contributed by atoms with Gasteiger partial charge in [-0.25, -0.2) is 4.79 Å². The zero-order valence-corrected chi connectivity index (χ0v) is 11.0. The normalized spacial score (nSPS) is 10.7. The predicted molar refractivity (Wildman–Crippen MR) is 69.4 cm³/mol. The van der Waals surface area contributed by atoms with Crippen LogP contribution in [0.25, 0.3) is 11.3 Å². The SMILES string of the molecule is COc1ccc(-c2nn(C(C)C)nc2C(=O)O)cc1. The molecule has 1 N–H and O–H groups in total. The van der Waals surface area contributed by atoms with Crippen molar-refractivity contribution in [1.82, 2.24) is 15.0 Å². The molecule has 0 unspecified atom stereocenters. The van der Waals surface area contributed by atoms with E-state index in [2.05, 4.69) is 10.2 Å². The number of aromatic nitrogens is 3. The fraction of sp³-hybridized carbons (Fsp3) is 0.308. The molecule has 0 fully saturated rings. The molecule has 0 aliphatic rings. The summed E-state index contributed by atoms with van der Waals surface area (Å²) in [5.41, 5.74) is 1.02. The van der Waals surface area contributed by atoms with E-state index in [4.69, 9.17) is 4.74 Å². The van der Waals surface area contributed by atoms with Gasteiger partial charge < -0.3 is 9.84 Å². The minimum atomic E-state index is -1.09. The number of hydrogen-bond donors (Lipinski definition) is 1. The number of ether oxygens (including phenoxy) is 1. The zero-order valence-electron chi connectivity index (χ0n) is 11.0. The summed E-state index contributed by atoms with van der Waals surface area (Å²) in [6, 6.07) is 7.05. The highest BCUT2D eigenvalue weighted by molar-refractivity contribution is 5.92. The van der Waals surface area contributed by atoms with Gasteiger partial charge in [0.15, 0.2) is 5.69 Å².